The lowest BCUT2D eigenvalue weighted by atomic mass is 9.90. The van der Waals surface area contributed by atoms with Crippen molar-refractivity contribution in [2.45, 2.75) is 18.9 Å². The number of benzene rings is 3. The number of piperazine rings is 1. The molecule has 178 valence electrons. The van der Waals surface area contributed by atoms with Crippen molar-refractivity contribution < 1.29 is 0 Å². The van der Waals surface area contributed by atoms with E-state index in [4.69, 9.17) is 0 Å². The zero-order valence-electron chi connectivity index (χ0n) is 20.0. The second-order valence-corrected chi connectivity index (χ2v) is 8.97. The zero-order valence-corrected chi connectivity index (χ0v) is 20.0. The minimum absolute atomic E-state index is 0.0130. The second-order valence-electron chi connectivity index (χ2n) is 8.97. The Kier molecular flexibility index (Phi) is 7.61. The molecule has 5 rings (SSSR count). The van der Waals surface area contributed by atoms with E-state index >= 15 is 0 Å². The fourth-order valence-electron chi connectivity index (χ4n) is 4.68. The molecule has 2 heterocycles. The van der Waals surface area contributed by atoms with Crippen LogP contribution >= 0.6 is 0 Å². The van der Waals surface area contributed by atoms with Crippen molar-refractivity contribution in [1.82, 2.24) is 30.0 Å². The van der Waals surface area contributed by atoms with Crippen LogP contribution < -0.4 is 0 Å². The molecule has 0 bridgehead atoms. The first kappa shape index (κ1) is 23.0. The van der Waals surface area contributed by atoms with Gasteiger partial charge in [-0.15, -0.1) is 5.10 Å². The van der Waals surface area contributed by atoms with Crippen LogP contribution in [0, 0.1) is 0 Å². The Morgan fingerprint density at radius 1 is 0.714 bits per heavy atom. The van der Waals surface area contributed by atoms with E-state index in [0.717, 1.165) is 51.5 Å². The molecule has 4 aromatic rings. The lowest BCUT2D eigenvalue weighted by Gasteiger charge is -2.34. The van der Waals surface area contributed by atoms with Crippen LogP contribution in [0.2, 0.25) is 0 Å². The van der Waals surface area contributed by atoms with Crippen LogP contribution in [-0.4, -0.2) is 62.7 Å². The molecule has 1 aromatic heterocycles. The fourth-order valence-corrected chi connectivity index (χ4v) is 4.68. The molecular weight excluding hydrogens is 432 g/mol. The van der Waals surface area contributed by atoms with Gasteiger partial charge in [-0.2, -0.15) is 0 Å². The number of rotatable bonds is 9. The third-order valence-electron chi connectivity index (χ3n) is 6.63. The number of allylic oxidation sites excluding steroid dienone is 1. The maximum atomic E-state index is 4.47. The maximum Gasteiger partial charge on any atom is 0.163 e. The van der Waals surface area contributed by atoms with E-state index in [0.29, 0.717) is 0 Å². The van der Waals surface area contributed by atoms with E-state index in [1.807, 2.05) is 16.8 Å². The van der Waals surface area contributed by atoms with E-state index in [-0.39, 0.29) is 5.92 Å². The summed E-state index contributed by atoms with van der Waals surface area (Å²) >= 11 is 0. The van der Waals surface area contributed by atoms with Gasteiger partial charge in [-0.3, -0.25) is 4.90 Å². The van der Waals surface area contributed by atoms with Gasteiger partial charge in [0.05, 0.1) is 12.5 Å². The van der Waals surface area contributed by atoms with Crippen molar-refractivity contribution in [3.8, 4) is 0 Å². The third kappa shape index (κ3) is 6.03. The van der Waals surface area contributed by atoms with E-state index < -0.39 is 0 Å². The Bertz CT molecular complexity index is 1140. The summed E-state index contributed by atoms with van der Waals surface area (Å²) in [6, 6.07) is 31.6. The Labute approximate surface area is 207 Å². The number of nitrogens with zero attached hydrogens (tertiary/aromatic N) is 6. The van der Waals surface area contributed by atoms with Crippen molar-refractivity contribution in [2.24, 2.45) is 0 Å². The number of hydrogen-bond acceptors (Lipinski definition) is 5. The maximum absolute atomic E-state index is 4.47. The molecular formula is C29H32N6. The minimum Gasteiger partial charge on any atom is -0.375 e. The van der Waals surface area contributed by atoms with Gasteiger partial charge < -0.3 is 4.90 Å². The van der Waals surface area contributed by atoms with Crippen LogP contribution in [0.4, 0.5) is 0 Å². The monoisotopic (exact) mass is 464 g/mol. The van der Waals surface area contributed by atoms with E-state index in [1.54, 1.807) is 0 Å². The van der Waals surface area contributed by atoms with Gasteiger partial charge in [0.2, 0.25) is 0 Å². The summed E-state index contributed by atoms with van der Waals surface area (Å²) in [5.41, 5.74) is 3.75. The molecule has 0 amide bonds. The van der Waals surface area contributed by atoms with Crippen LogP contribution in [-0.2, 0) is 13.0 Å². The van der Waals surface area contributed by atoms with Gasteiger partial charge in [0.25, 0.3) is 0 Å². The summed E-state index contributed by atoms with van der Waals surface area (Å²) in [4.78, 5) is 4.93. The Morgan fingerprint density at radius 3 is 1.94 bits per heavy atom. The molecule has 3 aromatic carbocycles. The molecule has 0 spiro atoms. The smallest absolute Gasteiger partial charge is 0.163 e. The molecule has 1 aliphatic heterocycles. The molecule has 0 radical (unpaired) electrons. The van der Waals surface area contributed by atoms with Crippen molar-refractivity contribution in [1.29, 1.82) is 0 Å². The van der Waals surface area contributed by atoms with Crippen LogP contribution in [0.5, 0.6) is 0 Å². The largest absolute Gasteiger partial charge is 0.375 e. The molecule has 0 saturated carbocycles. The van der Waals surface area contributed by atoms with Gasteiger partial charge in [-0.1, -0.05) is 97.1 Å². The lowest BCUT2D eigenvalue weighted by molar-refractivity contribution is 0.161. The number of aromatic nitrogens is 4. The van der Waals surface area contributed by atoms with Crippen LogP contribution in [0.3, 0.4) is 0 Å². The molecule has 6 heteroatoms. The molecule has 0 atom stereocenters. The molecule has 1 fully saturated rings. The summed E-state index contributed by atoms with van der Waals surface area (Å²) < 4.78 is 1.98. The zero-order chi connectivity index (χ0) is 23.7. The third-order valence-corrected chi connectivity index (χ3v) is 6.63. The van der Waals surface area contributed by atoms with Crippen molar-refractivity contribution in [3.05, 3.63) is 126 Å². The summed E-state index contributed by atoms with van der Waals surface area (Å²) in [5, 5.41) is 12.9. The highest BCUT2D eigenvalue weighted by Crippen LogP contribution is 2.30. The highest BCUT2D eigenvalue weighted by atomic mass is 15.5. The molecule has 1 saturated heterocycles. The number of hydrogen-bond donors (Lipinski definition) is 0. The topological polar surface area (TPSA) is 50.1 Å². The Hall–Kier alpha value is -3.77. The van der Waals surface area contributed by atoms with Gasteiger partial charge in [-0.05, 0) is 39.7 Å². The molecule has 0 N–H and O–H groups in total. The normalized spacial score (nSPS) is 14.7. The van der Waals surface area contributed by atoms with Crippen molar-refractivity contribution in [2.75, 3.05) is 32.7 Å². The fraction of sp³-hybridized carbons (Fsp3) is 0.276. The molecule has 0 aliphatic carbocycles. The van der Waals surface area contributed by atoms with E-state index in [2.05, 4.69) is 116 Å². The highest BCUT2D eigenvalue weighted by Gasteiger charge is 2.23. The molecule has 0 unspecified atom stereocenters. The first-order valence-electron chi connectivity index (χ1n) is 12.4. The highest BCUT2D eigenvalue weighted by molar-refractivity contribution is 5.38. The standard InChI is InChI=1S/C29H32N6/c1-4-11-25(12-5-1)13-10-18-33-19-21-34(22-20-33)23-24-35-29(30-31-32-35)28(26-14-6-2-7-15-26)27-16-8-3-9-17-27/h1-12,14-18,28H,13,19-24H2/b18-10+. The summed E-state index contributed by atoms with van der Waals surface area (Å²) in [6.07, 6.45) is 5.51. The van der Waals surface area contributed by atoms with Crippen molar-refractivity contribution >= 4 is 0 Å². The van der Waals surface area contributed by atoms with Gasteiger partial charge in [0.1, 0.15) is 0 Å². The SMILES string of the molecule is C(=C\N1CCN(CCn2nnnc2C(c2ccccc2)c2ccccc2)CC1)/Cc1ccccc1. The second kappa shape index (κ2) is 11.6. The summed E-state index contributed by atoms with van der Waals surface area (Å²) in [6.45, 7) is 5.91. The first-order chi connectivity index (χ1) is 17.4. The van der Waals surface area contributed by atoms with Gasteiger partial charge >= 0.3 is 0 Å². The summed E-state index contributed by atoms with van der Waals surface area (Å²) in [7, 11) is 0. The van der Waals surface area contributed by atoms with Gasteiger partial charge in [0, 0.05) is 32.7 Å². The average molecular weight is 465 g/mol. The predicted molar refractivity (Wildman–Crippen MR) is 139 cm³/mol. The molecule has 1 aliphatic rings. The van der Waals surface area contributed by atoms with E-state index in [9.17, 15) is 0 Å². The predicted octanol–water partition coefficient (Wildman–Crippen LogP) is 4.23. The molecule has 6 nitrogen and oxygen atoms in total. The molecule has 35 heavy (non-hydrogen) atoms. The Balaban J connectivity index is 1.19. The van der Waals surface area contributed by atoms with Crippen LogP contribution in [0.15, 0.2) is 103 Å². The minimum atomic E-state index is 0.0130. The summed E-state index contributed by atoms with van der Waals surface area (Å²) in [5.74, 6) is 0.906. The lowest BCUT2D eigenvalue weighted by Crippen LogP contribution is -2.45. The Morgan fingerprint density at radius 2 is 1.31 bits per heavy atom. The van der Waals surface area contributed by atoms with Crippen LogP contribution in [0.25, 0.3) is 0 Å². The van der Waals surface area contributed by atoms with Gasteiger partial charge in [-0.25, -0.2) is 4.68 Å². The first-order valence-corrected chi connectivity index (χ1v) is 12.4. The average Bonchev–Trinajstić information content (AvgIpc) is 3.38. The van der Waals surface area contributed by atoms with Gasteiger partial charge in [0.15, 0.2) is 5.82 Å². The van der Waals surface area contributed by atoms with Crippen LogP contribution in [0.1, 0.15) is 28.4 Å². The number of tetrazole rings is 1. The van der Waals surface area contributed by atoms with Crippen molar-refractivity contribution in [3.63, 3.8) is 0 Å². The van der Waals surface area contributed by atoms with E-state index in [1.165, 1.54) is 16.7 Å². The quantitative estimate of drug-likeness (QED) is 0.371.